The number of hydrogen-bond acceptors (Lipinski definition) is 4. The zero-order valence-electron chi connectivity index (χ0n) is 12.0. The number of hydrogen-bond donors (Lipinski definition) is 0. The molecule has 2 aromatic carbocycles. The molecule has 2 aromatic rings. The number of nitrogens with zero attached hydrogens (tertiary/aromatic N) is 1. The average molecular weight is 283 g/mol. The third kappa shape index (κ3) is 2.33. The summed E-state index contributed by atoms with van der Waals surface area (Å²) in [6.07, 6.45) is 0.188. The molecule has 1 heterocycles. The highest BCUT2D eigenvalue weighted by Crippen LogP contribution is 2.39. The molecule has 4 nitrogen and oxygen atoms in total. The van der Waals surface area contributed by atoms with Crippen molar-refractivity contribution in [3.05, 3.63) is 54.1 Å². The van der Waals surface area contributed by atoms with E-state index in [2.05, 4.69) is 6.92 Å². The monoisotopic (exact) mass is 283 g/mol. The fraction of sp³-hybridized carbons (Fsp3) is 0.235. The Morgan fingerprint density at radius 1 is 1.19 bits per heavy atom. The normalized spacial score (nSPS) is 20.4. The van der Waals surface area contributed by atoms with Gasteiger partial charge in [-0.25, -0.2) is 0 Å². The van der Waals surface area contributed by atoms with Crippen molar-refractivity contribution < 1.29 is 14.3 Å². The van der Waals surface area contributed by atoms with Gasteiger partial charge in [-0.15, -0.1) is 0 Å². The van der Waals surface area contributed by atoms with Gasteiger partial charge in [0.15, 0.2) is 6.29 Å². The topological polar surface area (TPSA) is 38.8 Å². The minimum absolute atomic E-state index is 0.0391. The average Bonchev–Trinajstić information content (AvgIpc) is 2.54. The number of carbonyl (C=O) groups excluding carboxylic acids is 1. The molecular weight excluding hydrogens is 266 g/mol. The number of methoxy groups -OCH3 is 1. The second-order valence-electron chi connectivity index (χ2n) is 4.97. The fourth-order valence-corrected chi connectivity index (χ4v) is 2.73. The maximum absolute atomic E-state index is 11.5. The van der Waals surface area contributed by atoms with Crippen molar-refractivity contribution in [1.29, 1.82) is 0 Å². The predicted octanol–water partition coefficient (Wildman–Crippen LogP) is 3.18. The van der Waals surface area contributed by atoms with Gasteiger partial charge in [-0.1, -0.05) is 24.3 Å². The van der Waals surface area contributed by atoms with Gasteiger partial charge in [0.25, 0.3) is 0 Å². The molecule has 0 aliphatic carbocycles. The number of para-hydroxylation sites is 1. The van der Waals surface area contributed by atoms with Crippen LogP contribution in [-0.2, 0) is 4.79 Å². The van der Waals surface area contributed by atoms with Gasteiger partial charge < -0.3 is 14.4 Å². The Hall–Kier alpha value is -2.49. The second kappa shape index (κ2) is 5.48. The van der Waals surface area contributed by atoms with E-state index in [-0.39, 0.29) is 6.04 Å². The SMILES string of the molecule is COc1cccc(N2C(C=O)Oc3ccccc3C2C)c1. The molecule has 0 saturated carbocycles. The zero-order chi connectivity index (χ0) is 14.8. The lowest BCUT2D eigenvalue weighted by molar-refractivity contribution is -0.114. The zero-order valence-corrected chi connectivity index (χ0v) is 12.0. The standard InChI is InChI=1S/C17H17NO3/c1-12-15-8-3-4-9-16(15)21-17(11-19)18(12)13-6-5-7-14(10-13)20-2/h3-12,17H,1-2H3. The number of carbonyl (C=O) groups is 1. The molecule has 2 unspecified atom stereocenters. The van der Waals surface area contributed by atoms with E-state index in [1.807, 2.05) is 53.4 Å². The highest BCUT2D eigenvalue weighted by molar-refractivity contribution is 5.68. The Morgan fingerprint density at radius 3 is 2.76 bits per heavy atom. The highest BCUT2D eigenvalue weighted by atomic mass is 16.5. The number of aldehydes is 1. The van der Waals surface area contributed by atoms with E-state index < -0.39 is 6.23 Å². The Bertz CT molecular complexity index is 656. The quantitative estimate of drug-likeness (QED) is 0.811. The first-order valence-electron chi connectivity index (χ1n) is 6.88. The molecule has 2 atom stereocenters. The summed E-state index contributed by atoms with van der Waals surface area (Å²) in [5.74, 6) is 1.52. The lowest BCUT2D eigenvalue weighted by Gasteiger charge is -2.40. The van der Waals surface area contributed by atoms with E-state index >= 15 is 0 Å². The number of fused-ring (bicyclic) bond motifs is 1. The van der Waals surface area contributed by atoms with Crippen LogP contribution in [0.3, 0.4) is 0 Å². The van der Waals surface area contributed by atoms with E-state index in [1.165, 1.54) is 0 Å². The van der Waals surface area contributed by atoms with Crippen molar-refractivity contribution in [3.63, 3.8) is 0 Å². The van der Waals surface area contributed by atoms with Gasteiger partial charge in [0.05, 0.1) is 13.2 Å². The van der Waals surface area contributed by atoms with Gasteiger partial charge >= 0.3 is 0 Å². The molecule has 1 aliphatic rings. The van der Waals surface area contributed by atoms with Gasteiger partial charge in [-0.2, -0.15) is 0 Å². The molecule has 0 aromatic heterocycles. The molecule has 3 rings (SSSR count). The molecular formula is C17H17NO3. The van der Waals surface area contributed by atoms with E-state index in [1.54, 1.807) is 7.11 Å². The summed E-state index contributed by atoms with van der Waals surface area (Å²) in [7, 11) is 1.63. The number of benzene rings is 2. The summed E-state index contributed by atoms with van der Waals surface area (Å²) in [5, 5.41) is 0. The fourth-order valence-electron chi connectivity index (χ4n) is 2.73. The van der Waals surface area contributed by atoms with Crippen LogP contribution >= 0.6 is 0 Å². The molecule has 0 amide bonds. The molecule has 0 bridgehead atoms. The molecule has 0 spiro atoms. The van der Waals surface area contributed by atoms with E-state index in [9.17, 15) is 4.79 Å². The maximum atomic E-state index is 11.5. The van der Waals surface area contributed by atoms with Crippen LogP contribution in [0.5, 0.6) is 11.5 Å². The number of rotatable bonds is 3. The summed E-state index contributed by atoms with van der Waals surface area (Å²) in [5.41, 5.74) is 1.96. The third-order valence-electron chi connectivity index (χ3n) is 3.78. The summed E-state index contributed by atoms with van der Waals surface area (Å²) in [6.45, 7) is 2.07. The molecule has 4 heteroatoms. The van der Waals surface area contributed by atoms with Crippen LogP contribution in [0.2, 0.25) is 0 Å². The van der Waals surface area contributed by atoms with Crippen LogP contribution in [0.4, 0.5) is 5.69 Å². The predicted molar refractivity (Wildman–Crippen MR) is 80.8 cm³/mol. The first-order valence-corrected chi connectivity index (χ1v) is 6.88. The molecule has 0 N–H and O–H groups in total. The molecule has 1 aliphatic heterocycles. The van der Waals surface area contributed by atoms with Gasteiger partial charge in [0, 0.05) is 17.3 Å². The van der Waals surface area contributed by atoms with Crippen LogP contribution in [0, 0.1) is 0 Å². The maximum Gasteiger partial charge on any atom is 0.229 e. The summed E-state index contributed by atoms with van der Waals surface area (Å²) in [6, 6.07) is 15.5. The Morgan fingerprint density at radius 2 is 2.00 bits per heavy atom. The first-order chi connectivity index (χ1) is 10.2. The summed E-state index contributed by atoms with van der Waals surface area (Å²) >= 11 is 0. The molecule has 108 valence electrons. The summed E-state index contributed by atoms with van der Waals surface area (Å²) < 4.78 is 11.1. The van der Waals surface area contributed by atoms with E-state index in [4.69, 9.17) is 9.47 Å². The highest BCUT2D eigenvalue weighted by Gasteiger charge is 2.33. The van der Waals surface area contributed by atoms with Crippen LogP contribution in [0.15, 0.2) is 48.5 Å². The summed E-state index contributed by atoms with van der Waals surface area (Å²) in [4.78, 5) is 13.4. The van der Waals surface area contributed by atoms with Crippen molar-refractivity contribution in [2.24, 2.45) is 0 Å². The Labute approximate surface area is 123 Å². The van der Waals surface area contributed by atoms with E-state index in [0.717, 1.165) is 29.0 Å². The van der Waals surface area contributed by atoms with Gasteiger partial charge in [-0.3, -0.25) is 4.79 Å². The molecule has 0 fully saturated rings. The minimum Gasteiger partial charge on any atom is -0.497 e. The number of anilines is 1. The van der Waals surface area contributed by atoms with Crippen LogP contribution in [0.1, 0.15) is 18.5 Å². The van der Waals surface area contributed by atoms with Gasteiger partial charge in [0.1, 0.15) is 11.5 Å². The lowest BCUT2D eigenvalue weighted by atomic mass is 10.0. The van der Waals surface area contributed by atoms with E-state index in [0.29, 0.717) is 0 Å². The lowest BCUT2D eigenvalue weighted by Crippen LogP contribution is -2.46. The largest absolute Gasteiger partial charge is 0.497 e. The van der Waals surface area contributed by atoms with Crippen molar-refractivity contribution in [2.45, 2.75) is 19.2 Å². The molecule has 21 heavy (non-hydrogen) atoms. The van der Waals surface area contributed by atoms with Gasteiger partial charge in [0.2, 0.25) is 6.23 Å². The Kier molecular flexibility index (Phi) is 3.52. The van der Waals surface area contributed by atoms with Crippen LogP contribution < -0.4 is 14.4 Å². The third-order valence-corrected chi connectivity index (χ3v) is 3.78. The first kappa shape index (κ1) is 13.5. The molecule has 0 saturated heterocycles. The van der Waals surface area contributed by atoms with Crippen molar-refractivity contribution in [1.82, 2.24) is 0 Å². The molecule has 0 radical (unpaired) electrons. The number of ether oxygens (including phenoxy) is 2. The van der Waals surface area contributed by atoms with Crippen molar-refractivity contribution in [3.8, 4) is 11.5 Å². The minimum atomic E-state index is -0.637. The Balaban J connectivity index is 2.05. The van der Waals surface area contributed by atoms with Crippen molar-refractivity contribution in [2.75, 3.05) is 12.0 Å². The van der Waals surface area contributed by atoms with Gasteiger partial charge in [-0.05, 0) is 25.1 Å². The van der Waals surface area contributed by atoms with Crippen LogP contribution in [-0.4, -0.2) is 19.6 Å². The smallest absolute Gasteiger partial charge is 0.229 e. The van der Waals surface area contributed by atoms with Crippen LogP contribution in [0.25, 0.3) is 0 Å². The van der Waals surface area contributed by atoms with Crippen molar-refractivity contribution >= 4 is 12.0 Å². The second-order valence-corrected chi connectivity index (χ2v) is 4.97.